The third-order valence-electron chi connectivity index (χ3n) is 4.90. The molecule has 0 radical (unpaired) electrons. The molecule has 3 rings (SSSR count). The highest BCUT2D eigenvalue weighted by Gasteiger charge is 2.25. The molecule has 160 valence electrons. The van der Waals surface area contributed by atoms with Crippen molar-refractivity contribution < 1.29 is 22.7 Å². The van der Waals surface area contributed by atoms with Gasteiger partial charge in [-0.05, 0) is 56.2 Å². The smallest absolute Gasteiger partial charge is 0.311 e. The van der Waals surface area contributed by atoms with Crippen LogP contribution in [0.4, 0.5) is 5.69 Å². The summed E-state index contributed by atoms with van der Waals surface area (Å²) in [6.07, 6.45) is 2.72. The predicted molar refractivity (Wildman–Crippen MR) is 114 cm³/mol. The zero-order chi connectivity index (χ0) is 21.6. The van der Waals surface area contributed by atoms with Crippen LogP contribution in [0.3, 0.4) is 0 Å². The molecule has 1 aliphatic rings. The van der Waals surface area contributed by atoms with Gasteiger partial charge in [0.15, 0.2) is 0 Å². The van der Waals surface area contributed by atoms with Crippen molar-refractivity contribution in [1.29, 1.82) is 0 Å². The van der Waals surface area contributed by atoms with Crippen LogP contribution in [0.15, 0.2) is 53.4 Å². The molecule has 8 heteroatoms. The first kappa shape index (κ1) is 22.0. The van der Waals surface area contributed by atoms with Crippen LogP contribution in [0.5, 0.6) is 5.75 Å². The van der Waals surface area contributed by atoms with Gasteiger partial charge in [-0.25, -0.2) is 8.42 Å². The number of amides is 1. The first-order valence-corrected chi connectivity index (χ1v) is 11.5. The number of anilines is 1. The molecule has 2 aromatic carbocycles. The number of sulfonamides is 1. The van der Waals surface area contributed by atoms with Crippen molar-refractivity contribution in [1.82, 2.24) is 4.31 Å². The first-order valence-electron chi connectivity index (χ1n) is 10.0. The van der Waals surface area contributed by atoms with Crippen LogP contribution < -0.4 is 10.1 Å². The monoisotopic (exact) mass is 430 g/mol. The van der Waals surface area contributed by atoms with E-state index < -0.39 is 16.0 Å². The summed E-state index contributed by atoms with van der Waals surface area (Å²) in [5.41, 5.74) is 1.54. The fourth-order valence-corrected chi connectivity index (χ4v) is 4.71. The molecule has 0 aliphatic carbocycles. The Bertz CT molecular complexity index is 979. The number of rotatable bonds is 7. The minimum atomic E-state index is -3.50. The minimum absolute atomic E-state index is 0.0292. The van der Waals surface area contributed by atoms with Gasteiger partial charge >= 0.3 is 5.97 Å². The summed E-state index contributed by atoms with van der Waals surface area (Å²) >= 11 is 0. The van der Waals surface area contributed by atoms with E-state index >= 15 is 0 Å². The lowest BCUT2D eigenvalue weighted by Gasteiger charge is -2.25. The molecule has 30 heavy (non-hydrogen) atoms. The minimum Gasteiger partial charge on any atom is -0.427 e. The number of nitrogens with one attached hydrogen (secondary N) is 1. The topological polar surface area (TPSA) is 92.8 Å². The molecule has 0 spiro atoms. The molecule has 0 aromatic heterocycles. The van der Waals surface area contributed by atoms with Gasteiger partial charge in [0.25, 0.3) is 0 Å². The van der Waals surface area contributed by atoms with Crippen LogP contribution in [-0.2, 0) is 19.6 Å². The highest BCUT2D eigenvalue weighted by atomic mass is 32.2. The molecule has 1 N–H and O–H groups in total. The summed E-state index contributed by atoms with van der Waals surface area (Å²) in [5.74, 6) is -0.393. The van der Waals surface area contributed by atoms with E-state index in [1.165, 1.54) is 16.4 Å². The lowest BCUT2D eigenvalue weighted by molar-refractivity contribution is -0.135. The van der Waals surface area contributed by atoms with Crippen LogP contribution in [0.25, 0.3) is 0 Å². The van der Waals surface area contributed by atoms with Crippen molar-refractivity contribution >= 4 is 27.6 Å². The average Bonchev–Trinajstić information content (AvgIpc) is 2.75. The summed E-state index contributed by atoms with van der Waals surface area (Å²) in [4.78, 5) is 24.2. The maximum atomic E-state index is 12.7. The quantitative estimate of drug-likeness (QED) is 0.536. The number of carbonyl (C=O) groups is 2. The van der Waals surface area contributed by atoms with Gasteiger partial charge in [0.05, 0.1) is 11.3 Å². The Hall–Kier alpha value is -2.71. The standard InChI is InChI=1S/C22H26N2O5S/c1-17-5-9-19(10-6-17)29-22(26)14-13-21(25)23-18-7-11-20(12-8-18)30(27,28)24-15-3-2-4-16-24/h5-12H,2-4,13-16H2,1H3,(H,23,25). The number of hydrogen-bond acceptors (Lipinski definition) is 5. The molecular weight excluding hydrogens is 404 g/mol. The van der Waals surface area contributed by atoms with E-state index in [0.717, 1.165) is 24.8 Å². The lowest BCUT2D eigenvalue weighted by atomic mass is 10.2. The largest absolute Gasteiger partial charge is 0.427 e. The molecule has 0 bridgehead atoms. The number of carbonyl (C=O) groups excluding carboxylic acids is 2. The fraction of sp³-hybridized carbons (Fsp3) is 0.364. The van der Waals surface area contributed by atoms with Crippen molar-refractivity contribution in [2.24, 2.45) is 0 Å². The summed E-state index contributed by atoms with van der Waals surface area (Å²) in [6, 6.07) is 13.2. The number of hydrogen-bond donors (Lipinski definition) is 1. The van der Waals surface area contributed by atoms with Gasteiger partial charge < -0.3 is 10.1 Å². The van der Waals surface area contributed by atoms with Crippen molar-refractivity contribution in [2.75, 3.05) is 18.4 Å². The first-order chi connectivity index (χ1) is 14.3. The van der Waals surface area contributed by atoms with Crippen LogP contribution in [0.1, 0.15) is 37.7 Å². The SMILES string of the molecule is Cc1ccc(OC(=O)CCC(=O)Nc2ccc(S(=O)(=O)N3CCCCC3)cc2)cc1. The van der Waals surface area contributed by atoms with Gasteiger partial charge in [0.2, 0.25) is 15.9 Å². The highest BCUT2D eigenvalue weighted by molar-refractivity contribution is 7.89. The number of nitrogens with zero attached hydrogens (tertiary/aromatic N) is 1. The second-order valence-corrected chi connectivity index (χ2v) is 9.26. The Kier molecular flexibility index (Phi) is 7.23. The van der Waals surface area contributed by atoms with Gasteiger partial charge in [-0.3, -0.25) is 9.59 Å². The molecule has 0 atom stereocenters. The van der Waals surface area contributed by atoms with E-state index in [1.807, 2.05) is 19.1 Å². The lowest BCUT2D eigenvalue weighted by Crippen LogP contribution is -2.35. The molecule has 1 fully saturated rings. The molecule has 1 heterocycles. The van der Waals surface area contributed by atoms with E-state index in [4.69, 9.17) is 4.74 Å². The van der Waals surface area contributed by atoms with E-state index in [2.05, 4.69) is 5.32 Å². The van der Waals surface area contributed by atoms with E-state index in [-0.39, 0.29) is 23.6 Å². The number of piperidine rings is 1. The van der Waals surface area contributed by atoms with Crippen molar-refractivity contribution in [3.63, 3.8) is 0 Å². The van der Waals surface area contributed by atoms with Crippen molar-refractivity contribution in [2.45, 2.75) is 43.9 Å². The second kappa shape index (κ2) is 9.86. The fourth-order valence-electron chi connectivity index (χ4n) is 3.19. The zero-order valence-electron chi connectivity index (χ0n) is 17.0. The zero-order valence-corrected chi connectivity index (χ0v) is 17.8. The van der Waals surface area contributed by atoms with Crippen LogP contribution in [-0.4, -0.2) is 37.7 Å². The Morgan fingerprint density at radius 2 is 1.57 bits per heavy atom. The summed E-state index contributed by atoms with van der Waals surface area (Å²) < 4.78 is 32.0. The Morgan fingerprint density at radius 1 is 0.933 bits per heavy atom. The van der Waals surface area contributed by atoms with Gasteiger partial charge in [-0.2, -0.15) is 4.31 Å². The molecule has 7 nitrogen and oxygen atoms in total. The molecule has 0 unspecified atom stereocenters. The average molecular weight is 431 g/mol. The molecule has 2 aromatic rings. The summed E-state index contributed by atoms with van der Waals surface area (Å²) in [5, 5.41) is 2.67. The third kappa shape index (κ3) is 5.90. The van der Waals surface area contributed by atoms with E-state index in [0.29, 0.717) is 24.5 Å². The van der Waals surface area contributed by atoms with Gasteiger partial charge in [-0.1, -0.05) is 24.1 Å². The van der Waals surface area contributed by atoms with Crippen LogP contribution in [0.2, 0.25) is 0 Å². The second-order valence-electron chi connectivity index (χ2n) is 7.32. The maximum absolute atomic E-state index is 12.7. The molecule has 1 amide bonds. The normalized spacial score (nSPS) is 14.8. The molecule has 1 aliphatic heterocycles. The van der Waals surface area contributed by atoms with E-state index in [1.54, 1.807) is 24.3 Å². The Morgan fingerprint density at radius 3 is 2.20 bits per heavy atom. The number of aryl methyl sites for hydroxylation is 1. The molecule has 0 saturated carbocycles. The number of esters is 1. The summed E-state index contributed by atoms with van der Waals surface area (Å²) in [6.45, 7) is 3.02. The Labute approximate surface area is 177 Å². The maximum Gasteiger partial charge on any atom is 0.311 e. The van der Waals surface area contributed by atoms with Crippen LogP contribution in [0, 0.1) is 6.92 Å². The Balaban J connectivity index is 1.49. The van der Waals surface area contributed by atoms with Gasteiger partial charge in [0.1, 0.15) is 5.75 Å². The highest BCUT2D eigenvalue weighted by Crippen LogP contribution is 2.22. The number of ether oxygens (including phenoxy) is 1. The van der Waals surface area contributed by atoms with E-state index in [9.17, 15) is 18.0 Å². The van der Waals surface area contributed by atoms with Crippen molar-refractivity contribution in [3.05, 3.63) is 54.1 Å². The molecule has 1 saturated heterocycles. The van der Waals surface area contributed by atoms with Gasteiger partial charge in [0, 0.05) is 25.2 Å². The van der Waals surface area contributed by atoms with Gasteiger partial charge in [-0.15, -0.1) is 0 Å². The van der Waals surface area contributed by atoms with Crippen molar-refractivity contribution in [3.8, 4) is 5.75 Å². The number of benzene rings is 2. The third-order valence-corrected chi connectivity index (χ3v) is 6.81. The van der Waals surface area contributed by atoms with Crippen LogP contribution >= 0.6 is 0 Å². The molecular formula is C22H26N2O5S. The predicted octanol–water partition coefficient (Wildman–Crippen LogP) is 3.49. The summed E-state index contributed by atoms with van der Waals surface area (Å²) in [7, 11) is -3.50.